The molecule has 5 heteroatoms. The van der Waals surface area contributed by atoms with E-state index in [2.05, 4.69) is 4.90 Å². The Balaban J connectivity index is 1.87. The van der Waals surface area contributed by atoms with Crippen LogP contribution in [-0.2, 0) is 11.3 Å². The first kappa shape index (κ1) is 13.8. The van der Waals surface area contributed by atoms with Gasteiger partial charge in [0.1, 0.15) is 5.75 Å². The molecule has 2 rings (SSSR count). The third-order valence-corrected chi connectivity index (χ3v) is 3.36. The number of carboxylic acids is 1. The summed E-state index contributed by atoms with van der Waals surface area (Å²) in [4.78, 5) is 15.0. The van der Waals surface area contributed by atoms with Gasteiger partial charge in [0.05, 0.1) is 6.54 Å². The average molecular weight is 264 g/mol. The number of rotatable bonds is 4. The first-order chi connectivity index (χ1) is 9.13. The third kappa shape index (κ3) is 4.54. The van der Waals surface area contributed by atoms with Crippen molar-refractivity contribution in [2.45, 2.75) is 13.0 Å². The van der Waals surface area contributed by atoms with Crippen LogP contribution in [0.1, 0.15) is 12.0 Å². The van der Waals surface area contributed by atoms with Crippen molar-refractivity contribution in [3.8, 4) is 5.75 Å². The van der Waals surface area contributed by atoms with Gasteiger partial charge < -0.3 is 10.2 Å². The molecule has 0 atom stereocenters. The molecule has 1 fully saturated rings. The molecular weight excluding hydrogens is 244 g/mol. The molecule has 1 aromatic carbocycles. The largest absolute Gasteiger partial charge is 0.508 e. The first-order valence-electron chi connectivity index (χ1n) is 6.58. The Kier molecular flexibility index (Phi) is 4.76. The Morgan fingerprint density at radius 3 is 2.63 bits per heavy atom. The average Bonchev–Trinajstić information content (AvgIpc) is 2.54. The molecule has 0 aliphatic carbocycles. The van der Waals surface area contributed by atoms with E-state index in [1.165, 1.54) is 0 Å². The predicted molar refractivity (Wildman–Crippen MR) is 72.1 cm³/mol. The standard InChI is InChI=1S/C14H20N2O3/c17-13-4-1-3-12(9-13)10-15-5-2-6-16(8-7-15)11-14(18)19/h1,3-4,9,17H,2,5-8,10-11H2,(H,18,19). The van der Waals surface area contributed by atoms with Gasteiger partial charge in [0.25, 0.3) is 0 Å². The Labute approximate surface area is 113 Å². The smallest absolute Gasteiger partial charge is 0.317 e. The van der Waals surface area contributed by atoms with Crippen molar-refractivity contribution in [1.82, 2.24) is 9.80 Å². The Bertz CT molecular complexity index is 436. The Morgan fingerprint density at radius 2 is 1.89 bits per heavy atom. The van der Waals surface area contributed by atoms with Gasteiger partial charge in [-0.3, -0.25) is 14.6 Å². The molecule has 1 saturated heterocycles. The molecule has 0 aromatic heterocycles. The maximum absolute atomic E-state index is 10.7. The summed E-state index contributed by atoms with van der Waals surface area (Å²) in [5, 5.41) is 18.3. The minimum Gasteiger partial charge on any atom is -0.508 e. The van der Waals surface area contributed by atoms with Crippen LogP contribution in [-0.4, -0.2) is 58.7 Å². The molecule has 19 heavy (non-hydrogen) atoms. The summed E-state index contributed by atoms with van der Waals surface area (Å²) in [7, 11) is 0. The van der Waals surface area contributed by atoms with E-state index >= 15 is 0 Å². The van der Waals surface area contributed by atoms with Crippen molar-refractivity contribution in [3.63, 3.8) is 0 Å². The van der Waals surface area contributed by atoms with Crippen LogP contribution in [0.25, 0.3) is 0 Å². The second-order valence-corrected chi connectivity index (χ2v) is 4.97. The van der Waals surface area contributed by atoms with E-state index in [0.29, 0.717) is 5.75 Å². The molecule has 1 aliphatic rings. The molecule has 5 nitrogen and oxygen atoms in total. The van der Waals surface area contributed by atoms with Crippen LogP contribution in [0.5, 0.6) is 5.75 Å². The van der Waals surface area contributed by atoms with E-state index in [-0.39, 0.29) is 6.54 Å². The van der Waals surface area contributed by atoms with Crippen molar-refractivity contribution in [1.29, 1.82) is 0 Å². The van der Waals surface area contributed by atoms with Crippen LogP contribution >= 0.6 is 0 Å². The van der Waals surface area contributed by atoms with Gasteiger partial charge in [0, 0.05) is 26.2 Å². The normalized spacial score (nSPS) is 18.1. The maximum Gasteiger partial charge on any atom is 0.317 e. The van der Waals surface area contributed by atoms with E-state index in [9.17, 15) is 9.90 Å². The van der Waals surface area contributed by atoms with E-state index in [1.807, 2.05) is 17.0 Å². The molecule has 1 aliphatic heterocycles. The highest BCUT2D eigenvalue weighted by Crippen LogP contribution is 2.14. The van der Waals surface area contributed by atoms with Crippen molar-refractivity contribution in [2.75, 3.05) is 32.7 Å². The molecule has 104 valence electrons. The first-order valence-corrected chi connectivity index (χ1v) is 6.58. The topological polar surface area (TPSA) is 64.0 Å². The summed E-state index contributed by atoms with van der Waals surface area (Å²) in [6.07, 6.45) is 0.978. The monoisotopic (exact) mass is 264 g/mol. The lowest BCUT2D eigenvalue weighted by atomic mass is 10.2. The summed E-state index contributed by atoms with van der Waals surface area (Å²) in [6.45, 7) is 4.37. The molecule has 0 saturated carbocycles. The van der Waals surface area contributed by atoms with Crippen LogP contribution in [0.15, 0.2) is 24.3 Å². The number of phenolic OH excluding ortho intramolecular Hbond substituents is 1. The fraction of sp³-hybridized carbons (Fsp3) is 0.500. The molecule has 0 unspecified atom stereocenters. The van der Waals surface area contributed by atoms with E-state index in [4.69, 9.17) is 5.11 Å². The van der Waals surface area contributed by atoms with Crippen molar-refractivity contribution in [2.24, 2.45) is 0 Å². The van der Waals surface area contributed by atoms with Crippen LogP contribution in [0.3, 0.4) is 0 Å². The minimum absolute atomic E-state index is 0.125. The lowest BCUT2D eigenvalue weighted by Gasteiger charge is -2.20. The number of nitrogens with zero attached hydrogens (tertiary/aromatic N) is 2. The van der Waals surface area contributed by atoms with Crippen molar-refractivity contribution >= 4 is 5.97 Å². The molecule has 0 spiro atoms. The van der Waals surface area contributed by atoms with Gasteiger partial charge in [0.15, 0.2) is 0 Å². The van der Waals surface area contributed by atoms with Gasteiger partial charge in [0.2, 0.25) is 0 Å². The zero-order valence-corrected chi connectivity index (χ0v) is 11.0. The van der Waals surface area contributed by atoms with Crippen LogP contribution < -0.4 is 0 Å². The molecule has 0 bridgehead atoms. The summed E-state index contributed by atoms with van der Waals surface area (Å²) in [6, 6.07) is 7.29. The van der Waals surface area contributed by atoms with Crippen molar-refractivity contribution in [3.05, 3.63) is 29.8 Å². The second-order valence-electron chi connectivity index (χ2n) is 4.97. The second kappa shape index (κ2) is 6.54. The number of phenols is 1. The fourth-order valence-corrected chi connectivity index (χ4v) is 2.44. The van der Waals surface area contributed by atoms with Gasteiger partial charge in [-0.25, -0.2) is 0 Å². The quantitative estimate of drug-likeness (QED) is 0.849. The Hall–Kier alpha value is -1.59. The van der Waals surface area contributed by atoms with E-state index in [1.54, 1.807) is 12.1 Å². The summed E-state index contributed by atoms with van der Waals surface area (Å²) < 4.78 is 0. The van der Waals surface area contributed by atoms with Gasteiger partial charge in [-0.2, -0.15) is 0 Å². The van der Waals surface area contributed by atoms with Crippen molar-refractivity contribution < 1.29 is 15.0 Å². The number of aliphatic carboxylic acids is 1. The molecule has 0 radical (unpaired) electrons. The van der Waals surface area contributed by atoms with Gasteiger partial charge >= 0.3 is 5.97 Å². The van der Waals surface area contributed by atoms with Crippen LogP contribution in [0.4, 0.5) is 0 Å². The predicted octanol–water partition coefficient (Wildman–Crippen LogP) is 0.984. The SMILES string of the molecule is O=C(O)CN1CCCN(Cc2cccc(O)c2)CC1. The Morgan fingerprint density at radius 1 is 1.16 bits per heavy atom. The zero-order chi connectivity index (χ0) is 13.7. The lowest BCUT2D eigenvalue weighted by molar-refractivity contribution is -0.138. The zero-order valence-electron chi connectivity index (χ0n) is 11.0. The summed E-state index contributed by atoms with van der Waals surface area (Å²) in [5.74, 6) is -0.471. The highest BCUT2D eigenvalue weighted by atomic mass is 16.4. The lowest BCUT2D eigenvalue weighted by Crippen LogP contribution is -2.34. The van der Waals surface area contributed by atoms with Gasteiger partial charge in [-0.15, -0.1) is 0 Å². The molecule has 1 heterocycles. The van der Waals surface area contributed by atoms with Crippen LogP contribution in [0.2, 0.25) is 0 Å². The molecule has 0 amide bonds. The number of carbonyl (C=O) groups is 1. The number of hydrogen-bond acceptors (Lipinski definition) is 4. The highest BCUT2D eigenvalue weighted by Gasteiger charge is 2.16. The van der Waals surface area contributed by atoms with E-state index < -0.39 is 5.97 Å². The minimum atomic E-state index is -0.763. The molecule has 2 N–H and O–H groups in total. The number of carboxylic acid groups (broad SMARTS) is 1. The van der Waals surface area contributed by atoms with E-state index in [0.717, 1.165) is 44.7 Å². The van der Waals surface area contributed by atoms with Gasteiger partial charge in [-0.05, 0) is 30.7 Å². The molecule has 1 aromatic rings. The van der Waals surface area contributed by atoms with Gasteiger partial charge in [-0.1, -0.05) is 12.1 Å². The fourth-order valence-electron chi connectivity index (χ4n) is 2.44. The number of benzene rings is 1. The molecular formula is C14H20N2O3. The summed E-state index contributed by atoms with van der Waals surface area (Å²) >= 11 is 0. The highest BCUT2D eigenvalue weighted by molar-refractivity contribution is 5.69. The third-order valence-electron chi connectivity index (χ3n) is 3.36. The summed E-state index contributed by atoms with van der Waals surface area (Å²) in [5.41, 5.74) is 1.09. The number of hydrogen-bond donors (Lipinski definition) is 2. The maximum atomic E-state index is 10.7. The van der Waals surface area contributed by atoms with Crippen LogP contribution in [0, 0.1) is 0 Å². The number of aromatic hydroxyl groups is 1.